The largest absolute Gasteiger partial charge is 0.116 e. The molecule has 0 heterocycles. The summed E-state index contributed by atoms with van der Waals surface area (Å²) < 4.78 is 0. The van der Waals surface area contributed by atoms with E-state index in [4.69, 9.17) is 11.6 Å². The highest BCUT2D eigenvalue weighted by molar-refractivity contribution is 6.25. The first-order chi connectivity index (χ1) is 4.34. The summed E-state index contributed by atoms with van der Waals surface area (Å²) in [5.41, 5.74) is 1.95. The maximum Gasteiger partial charge on any atom is 0.0792 e. The lowest BCUT2D eigenvalue weighted by molar-refractivity contribution is 1.51. The molecule has 46 valence electrons. The van der Waals surface area contributed by atoms with Gasteiger partial charge in [-0.05, 0) is 18.1 Å². The van der Waals surface area contributed by atoms with Crippen LogP contribution in [0.25, 0.3) is 0 Å². The molecule has 0 aliphatic heterocycles. The Bertz CT molecular complexity index is 194. The third-order valence-corrected chi connectivity index (χ3v) is 1.41. The molecule has 0 aliphatic carbocycles. The van der Waals surface area contributed by atoms with E-state index in [1.165, 1.54) is 5.88 Å². The van der Waals surface area contributed by atoms with Crippen LogP contribution < -0.4 is 0 Å². The van der Waals surface area contributed by atoms with Crippen molar-refractivity contribution in [2.45, 2.75) is 0 Å². The second-order valence-electron chi connectivity index (χ2n) is 1.81. The first kappa shape index (κ1) is 6.63. The summed E-state index contributed by atoms with van der Waals surface area (Å²) in [4.78, 5) is 0. The van der Waals surface area contributed by atoms with Crippen molar-refractivity contribution >= 4 is 11.6 Å². The van der Waals surface area contributed by atoms with Gasteiger partial charge in [-0.15, -0.1) is 11.6 Å². The molecule has 1 heteroatoms. The molecule has 1 aromatic carbocycles. The van der Waals surface area contributed by atoms with Gasteiger partial charge < -0.3 is 0 Å². The number of hydrogen-bond acceptors (Lipinski definition) is 0. The van der Waals surface area contributed by atoms with Crippen molar-refractivity contribution in [2.75, 3.05) is 0 Å². The molecule has 1 aromatic rings. The zero-order valence-electron chi connectivity index (χ0n) is 4.97. The van der Waals surface area contributed by atoms with E-state index >= 15 is 0 Å². The van der Waals surface area contributed by atoms with Gasteiger partial charge in [0.15, 0.2) is 0 Å². The lowest BCUT2D eigenvalue weighted by Crippen LogP contribution is -1.78. The fourth-order valence-electron chi connectivity index (χ4n) is 0.641. The Kier molecular flexibility index (Phi) is 2.12. The summed E-state index contributed by atoms with van der Waals surface area (Å²) in [7, 11) is 0. The number of hydrogen-bond donors (Lipinski definition) is 0. The first-order valence-corrected chi connectivity index (χ1v) is 3.12. The first-order valence-electron chi connectivity index (χ1n) is 2.69. The third-order valence-electron chi connectivity index (χ3n) is 1.17. The summed E-state index contributed by atoms with van der Waals surface area (Å²) in [6, 6.07) is 7.72. The minimum atomic E-state index is 0.965. The fourth-order valence-corrected chi connectivity index (χ4v) is 0.854. The highest BCUT2D eigenvalue weighted by atomic mass is 35.5. The van der Waals surface area contributed by atoms with Crippen molar-refractivity contribution in [3.8, 4) is 0 Å². The van der Waals surface area contributed by atoms with Crippen LogP contribution in [-0.2, 0) is 0 Å². The van der Waals surface area contributed by atoms with Gasteiger partial charge in [0.2, 0.25) is 0 Å². The lowest BCUT2D eigenvalue weighted by Gasteiger charge is -1.96. The highest BCUT2D eigenvalue weighted by Gasteiger charge is 1.91. The van der Waals surface area contributed by atoms with Crippen molar-refractivity contribution in [2.24, 2.45) is 0 Å². The van der Waals surface area contributed by atoms with Crippen molar-refractivity contribution in [3.05, 3.63) is 48.2 Å². The van der Waals surface area contributed by atoms with Gasteiger partial charge in [0.05, 0.1) is 5.88 Å². The minimum absolute atomic E-state index is 0.965. The Labute approximate surface area is 60.5 Å². The van der Waals surface area contributed by atoms with E-state index in [1.807, 2.05) is 24.3 Å². The van der Waals surface area contributed by atoms with Crippen LogP contribution in [-0.4, -0.2) is 0 Å². The predicted molar refractivity (Wildman–Crippen MR) is 40.2 cm³/mol. The highest BCUT2D eigenvalue weighted by Crippen LogP contribution is 2.10. The summed E-state index contributed by atoms with van der Waals surface area (Å²) in [5, 5.41) is 0. The van der Waals surface area contributed by atoms with Crippen LogP contribution in [0.15, 0.2) is 24.3 Å². The third kappa shape index (κ3) is 1.46. The Morgan fingerprint density at radius 3 is 2.44 bits per heavy atom. The zero-order valence-corrected chi connectivity index (χ0v) is 5.73. The van der Waals surface area contributed by atoms with Gasteiger partial charge in [0.1, 0.15) is 0 Å². The normalized spacial score (nSPS) is 9.56. The van der Waals surface area contributed by atoms with Gasteiger partial charge in [0, 0.05) is 0 Å². The molecule has 0 saturated heterocycles. The molecule has 2 radical (unpaired) electrons. The molecule has 0 atom stereocenters. The maximum atomic E-state index is 5.47. The van der Waals surface area contributed by atoms with Gasteiger partial charge in [0.25, 0.3) is 0 Å². The molecular formula is C8H7Cl. The second kappa shape index (κ2) is 2.88. The van der Waals surface area contributed by atoms with Crippen LogP contribution in [0.2, 0.25) is 0 Å². The van der Waals surface area contributed by atoms with E-state index in [2.05, 4.69) is 6.92 Å². The quantitative estimate of drug-likeness (QED) is 0.560. The standard InChI is InChI=1S/C8H7Cl/c1-7-4-2-3-5-8(7)6-9/h2-6H,1H2. The van der Waals surface area contributed by atoms with Gasteiger partial charge in [-0.2, -0.15) is 0 Å². The van der Waals surface area contributed by atoms with Gasteiger partial charge in [-0.25, -0.2) is 0 Å². The number of rotatable bonds is 1. The van der Waals surface area contributed by atoms with Crippen LogP contribution in [0.5, 0.6) is 0 Å². The molecule has 0 nitrogen and oxygen atoms in total. The van der Waals surface area contributed by atoms with Crippen LogP contribution in [0.4, 0.5) is 0 Å². The smallest absolute Gasteiger partial charge is 0.0792 e. The Morgan fingerprint density at radius 1 is 1.33 bits per heavy atom. The predicted octanol–water partition coefficient (Wildman–Crippen LogP) is 2.62. The fraction of sp³-hybridized carbons (Fsp3) is 0. The molecule has 0 aromatic heterocycles. The summed E-state index contributed by atoms with van der Waals surface area (Å²) >= 11 is 5.47. The van der Waals surface area contributed by atoms with Crippen LogP contribution in [0, 0.1) is 12.8 Å². The van der Waals surface area contributed by atoms with E-state index in [-0.39, 0.29) is 0 Å². The van der Waals surface area contributed by atoms with Gasteiger partial charge >= 0.3 is 0 Å². The summed E-state index contributed by atoms with van der Waals surface area (Å²) in [6.45, 7) is 3.78. The van der Waals surface area contributed by atoms with Crippen molar-refractivity contribution in [3.63, 3.8) is 0 Å². The number of benzene rings is 1. The molecule has 0 bridgehead atoms. The monoisotopic (exact) mass is 138 g/mol. The SMILES string of the molecule is [CH2]c1ccccc1[CH]Cl. The molecule has 9 heavy (non-hydrogen) atoms. The molecule has 0 spiro atoms. The molecular weight excluding hydrogens is 132 g/mol. The van der Waals surface area contributed by atoms with E-state index < -0.39 is 0 Å². The molecule has 0 unspecified atom stereocenters. The number of halogens is 1. The van der Waals surface area contributed by atoms with Crippen molar-refractivity contribution in [1.29, 1.82) is 0 Å². The van der Waals surface area contributed by atoms with Crippen LogP contribution >= 0.6 is 11.6 Å². The summed E-state index contributed by atoms with van der Waals surface area (Å²) in [6.07, 6.45) is 0. The van der Waals surface area contributed by atoms with Crippen LogP contribution in [0.1, 0.15) is 11.1 Å². The van der Waals surface area contributed by atoms with E-state index in [0.717, 1.165) is 11.1 Å². The van der Waals surface area contributed by atoms with E-state index in [9.17, 15) is 0 Å². The Hall–Kier alpha value is -0.490. The zero-order chi connectivity index (χ0) is 6.69. The molecule has 0 fully saturated rings. The molecule has 0 amide bonds. The van der Waals surface area contributed by atoms with E-state index in [1.54, 1.807) is 0 Å². The summed E-state index contributed by atoms with van der Waals surface area (Å²) in [5.74, 6) is 1.53. The average molecular weight is 139 g/mol. The topological polar surface area (TPSA) is 0 Å². The lowest BCUT2D eigenvalue weighted by atomic mass is 10.1. The molecule has 0 aliphatic rings. The molecule has 0 saturated carbocycles. The van der Waals surface area contributed by atoms with Gasteiger partial charge in [-0.1, -0.05) is 24.3 Å². The Morgan fingerprint density at radius 2 is 2.00 bits per heavy atom. The maximum absolute atomic E-state index is 5.47. The molecule has 1 rings (SSSR count). The average Bonchev–Trinajstić information content (AvgIpc) is 1.89. The second-order valence-corrected chi connectivity index (χ2v) is 2.03. The Balaban J connectivity index is 3.01. The van der Waals surface area contributed by atoms with Crippen molar-refractivity contribution in [1.82, 2.24) is 0 Å². The van der Waals surface area contributed by atoms with Crippen molar-refractivity contribution < 1.29 is 0 Å². The minimum Gasteiger partial charge on any atom is -0.116 e. The van der Waals surface area contributed by atoms with Gasteiger partial charge in [-0.3, -0.25) is 0 Å². The molecule has 0 N–H and O–H groups in total. The van der Waals surface area contributed by atoms with Crippen LogP contribution in [0.3, 0.4) is 0 Å². The van der Waals surface area contributed by atoms with E-state index in [0.29, 0.717) is 0 Å².